The van der Waals surface area contributed by atoms with Gasteiger partial charge >= 0.3 is 11.7 Å². The molecule has 114 valence electrons. The highest BCUT2D eigenvalue weighted by Gasteiger charge is 2.40. The highest BCUT2D eigenvalue weighted by Crippen LogP contribution is 2.33. The third-order valence-electron chi connectivity index (χ3n) is 2.88. The second kappa shape index (κ2) is 5.50. The van der Waals surface area contributed by atoms with Gasteiger partial charge in [-0.1, -0.05) is 0 Å². The lowest BCUT2D eigenvalue weighted by Crippen LogP contribution is -2.41. The van der Waals surface area contributed by atoms with Gasteiger partial charge < -0.3 is 10.2 Å². The lowest BCUT2D eigenvalue weighted by molar-refractivity contribution is -0.386. The van der Waals surface area contributed by atoms with Crippen LogP contribution >= 0.6 is 11.8 Å². The molecule has 0 aliphatic carbocycles. The molecule has 9 nitrogen and oxygen atoms in total. The number of aromatic hydroxyl groups is 1. The zero-order valence-electron chi connectivity index (χ0n) is 10.4. The number of nitro benzene ring substituents is 1. The fourth-order valence-electron chi connectivity index (χ4n) is 1.80. The fourth-order valence-corrected chi connectivity index (χ4v) is 4.96. The Kier molecular flexibility index (Phi) is 4.07. The van der Waals surface area contributed by atoms with Crippen molar-refractivity contribution in [3.05, 3.63) is 28.3 Å². The smallest absolute Gasteiger partial charge is 0.322 e. The van der Waals surface area contributed by atoms with Crippen LogP contribution in [0.1, 0.15) is 0 Å². The quantitative estimate of drug-likeness (QED) is 0.598. The Morgan fingerprint density at radius 2 is 2.14 bits per heavy atom. The minimum atomic E-state index is -4.19. The molecule has 1 aliphatic heterocycles. The van der Waals surface area contributed by atoms with E-state index in [2.05, 4.69) is 0 Å². The zero-order chi connectivity index (χ0) is 15.8. The summed E-state index contributed by atoms with van der Waals surface area (Å²) in [5.74, 6) is -1.88. The number of carbonyl (C=O) groups is 1. The number of sulfonamides is 1. The summed E-state index contributed by atoms with van der Waals surface area (Å²) in [6.45, 7) is 0. The van der Waals surface area contributed by atoms with Gasteiger partial charge in [0.1, 0.15) is 6.04 Å². The van der Waals surface area contributed by atoms with Gasteiger partial charge in [0, 0.05) is 11.8 Å². The number of aliphatic carboxylic acids is 1. The number of nitrogens with zero attached hydrogens (tertiary/aromatic N) is 2. The molecule has 21 heavy (non-hydrogen) atoms. The van der Waals surface area contributed by atoms with Crippen molar-refractivity contribution in [2.45, 2.75) is 10.9 Å². The molecule has 1 fully saturated rings. The Bertz CT molecular complexity index is 703. The van der Waals surface area contributed by atoms with Crippen molar-refractivity contribution in [2.75, 3.05) is 11.6 Å². The number of rotatable bonds is 4. The summed E-state index contributed by atoms with van der Waals surface area (Å²) in [5, 5.41) is 29.1. The van der Waals surface area contributed by atoms with Gasteiger partial charge in [0.15, 0.2) is 5.75 Å². The first-order chi connectivity index (χ1) is 9.75. The third-order valence-corrected chi connectivity index (χ3v) is 5.90. The van der Waals surface area contributed by atoms with Crippen molar-refractivity contribution in [2.24, 2.45) is 0 Å². The Labute approximate surface area is 123 Å². The topological polar surface area (TPSA) is 138 Å². The predicted octanol–water partition coefficient (Wildman–Crippen LogP) is 0.449. The molecule has 0 saturated carbocycles. The first-order valence-corrected chi connectivity index (χ1v) is 8.14. The molecule has 1 atom stereocenters. The molecule has 11 heteroatoms. The highest BCUT2D eigenvalue weighted by atomic mass is 32.2. The summed E-state index contributed by atoms with van der Waals surface area (Å²) in [4.78, 5) is 20.4. The molecular weight excluding hydrogens is 324 g/mol. The Hall–Kier alpha value is -1.85. The lowest BCUT2D eigenvalue weighted by atomic mass is 10.3. The van der Waals surface area contributed by atoms with Gasteiger partial charge in [-0.25, -0.2) is 8.42 Å². The number of carboxylic acid groups (broad SMARTS) is 1. The van der Waals surface area contributed by atoms with Gasteiger partial charge in [-0.2, -0.15) is 4.31 Å². The van der Waals surface area contributed by atoms with Crippen LogP contribution in [0.2, 0.25) is 0 Å². The second-order valence-electron chi connectivity index (χ2n) is 4.15. The minimum absolute atomic E-state index is 0.0476. The van der Waals surface area contributed by atoms with Crippen LogP contribution in [0.3, 0.4) is 0 Å². The molecule has 1 aromatic carbocycles. The molecule has 0 radical (unpaired) electrons. The van der Waals surface area contributed by atoms with Crippen LogP contribution in [0.15, 0.2) is 23.1 Å². The summed E-state index contributed by atoms with van der Waals surface area (Å²) >= 11 is 1.14. The minimum Gasteiger partial charge on any atom is -0.502 e. The molecule has 0 bridgehead atoms. The molecule has 2 rings (SSSR count). The van der Waals surface area contributed by atoms with Crippen LogP contribution in [0.25, 0.3) is 0 Å². The van der Waals surface area contributed by atoms with E-state index in [1.54, 1.807) is 0 Å². The van der Waals surface area contributed by atoms with Crippen LogP contribution in [-0.4, -0.2) is 51.5 Å². The first-order valence-electron chi connectivity index (χ1n) is 5.55. The number of phenolic OH excluding ortho intramolecular Hbond substituents is 1. The number of thioether (sulfide) groups is 1. The Morgan fingerprint density at radius 3 is 2.71 bits per heavy atom. The summed E-state index contributed by atoms with van der Waals surface area (Å²) in [6.07, 6.45) is 0. The largest absolute Gasteiger partial charge is 0.502 e. The van der Waals surface area contributed by atoms with Crippen molar-refractivity contribution in [3.63, 3.8) is 0 Å². The fraction of sp³-hybridized carbons (Fsp3) is 0.300. The van der Waals surface area contributed by atoms with Gasteiger partial charge in [-0.05, 0) is 12.1 Å². The van der Waals surface area contributed by atoms with Gasteiger partial charge in [-0.15, -0.1) is 11.8 Å². The number of phenols is 1. The monoisotopic (exact) mass is 334 g/mol. The third kappa shape index (κ3) is 2.80. The molecule has 1 unspecified atom stereocenters. The molecule has 0 amide bonds. The number of benzene rings is 1. The molecule has 1 heterocycles. The van der Waals surface area contributed by atoms with Crippen LogP contribution in [0.5, 0.6) is 5.75 Å². The Balaban J connectivity index is 2.47. The molecule has 1 saturated heterocycles. The van der Waals surface area contributed by atoms with Crippen LogP contribution in [-0.2, 0) is 14.8 Å². The Morgan fingerprint density at radius 1 is 1.48 bits per heavy atom. The number of hydrogen-bond acceptors (Lipinski definition) is 7. The van der Waals surface area contributed by atoms with Crippen molar-refractivity contribution >= 4 is 33.4 Å². The van der Waals surface area contributed by atoms with Crippen LogP contribution < -0.4 is 0 Å². The maximum absolute atomic E-state index is 12.4. The summed E-state index contributed by atoms with van der Waals surface area (Å²) in [5.41, 5.74) is -0.755. The van der Waals surface area contributed by atoms with E-state index in [0.29, 0.717) is 6.07 Å². The first kappa shape index (κ1) is 15.5. The van der Waals surface area contributed by atoms with Crippen molar-refractivity contribution in [3.8, 4) is 5.75 Å². The summed E-state index contributed by atoms with van der Waals surface area (Å²) < 4.78 is 25.5. The second-order valence-corrected chi connectivity index (χ2v) is 7.04. The van der Waals surface area contributed by atoms with E-state index >= 15 is 0 Å². The number of nitro groups is 1. The SMILES string of the molecule is O=C(O)C1CSCN1S(=O)(=O)c1ccc(O)c([N+](=O)[O-])c1. The molecular formula is C10H10N2O7S2. The average molecular weight is 334 g/mol. The number of hydrogen-bond donors (Lipinski definition) is 2. The zero-order valence-corrected chi connectivity index (χ0v) is 12.0. The summed E-state index contributed by atoms with van der Waals surface area (Å²) in [6, 6.07) is 1.39. The van der Waals surface area contributed by atoms with Gasteiger partial charge in [0.25, 0.3) is 0 Å². The van der Waals surface area contributed by atoms with E-state index in [1.807, 2.05) is 0 Å². The van der Waals surface area contributed by atoms with E-state index < -0.39 is 43.3 Å². The highest BCUT2D eigenvalue weighted by molar-refractivity contribution is 8.00. The molecule has 1 aromatic rings. The van der Waals surface area contributed by atoms with Crippen LogP contribution in [0.4, 0.5) is 5.69 Å². The van der Waals surface area contributed by atoms with Crippen molar-refractivity contribution < 1.29 is 28.3 Å². The van der Waals surface area contributed by atoms with Gasteiger partial charge in [0.2, 0.25) is 10.0 Å². The van der Waals surface area contributed by atoms with Gasteiger partial charge in [0.05, 0.1) is 15.7 Å². The standard InChI is InChI=1S/C10H10N2O7S2/c13-9-2-1-6(3-7(9)12(16)17)21(18,19)11-5-20-4-8(11)10(14)15/h1-3,8,13H,4-5H2,(H,14,15). The molecule has 2 N–H and O–H groups in total. The maximum Gasteiger partial charge on any atom is 0.322 e. The maximum atomic E-state index is 12.4. The number of carboxylic acids is 1. The lowest BCUT2D eigenvalue weighted by Gasteiger charge is -2.19. The molecule has 0 aromatic heterocycles. The van der Waals surface area contributed by atoms with E-state index in [4.69, 9.17) is 5.11 Å². The average Bonchev–Trinajstić information content (AvgIpc) is 2.88. The predicted molar refractivity (Wildman–Crippen MR) is 72.5 cm³/mol. The van der Waals surface area contributed by atoms with Crippen molar-refractivity contribution in [1.29, 1.82) is 0 Å². The van der Waals surface area contributed by atoms with E-state index in [1.165, 1.54) is 0 Å². The van der Waals surface area contributed by atoms with Crippen LogP contribution in [0, 0.1) is 10.1 Å². The van der Waals surface area contributed by atoms with Crippen molar-refractivity contribution in [1.82, 2.24) is 4.31 Å². The molecule has 1 aliphatic rings. The molecule has 0 spiro atoms. The summed E-state index contributed by atoms with van der Waals surface area (Å²) in [7, 11) is -4.19. The van der Waals surface area contributed by atoms with E-state index in [-0.39, 0.29) is 11.6 Å². The van der Waals surface area contributed by atoms with E-state index in [9.17, 15) is 28.4 Å². The van der Waals surface area contributed by atoms with E-state index in [0.717, 1.165) is 28.2 Å². The normalized spacial score (nSPS) is 19.5. The van der Waals surface area contributed by atoms with Gasteiger partial charge in [-0.3, -0.25) is 14.9 Å².